The van der Waals surface area contributed by atoms with Crippen molar-refractivity contribution in [3.8, 4) is 11.4 Å². The molecule has 35 heavy (non-hydrogen) atoms. The van der Waals surface area contributed by atoms with Gasteiger partial charge in [-0.05, 0) is 37.1 Å². The third kappa shape index (κ3) is 4.96. The number of nitrogens with one attached hydrogen (secondary N) is 2. The largest absolute Gasteiger partial charge is 0.378 e. The Balaban J connectivity index is 1.40. The molecule has 1 saturated carbocycles. The van der Waals surface area contributed by atoms with Crippen LogP contribution in [0.25, 0.3) is 11.4 Å². The maximum absolute atomic E-state index is 12.3. The van der Waals surface area contributed by atoms with Crippen molar-refractivity contribution in [1.82, 2.24) is 19.7 Å². The van der Waals surface area contributed by atoms with Gasteiger partial charge in [0.25, 0.3) is 0 Å². The van der Waals surface area contributed by atoms with Crippen molar-refractivity contribution in [2.45, 2.75) is 17.6 Å². The van der Waals surface area contributed by atoms with Gasteiger partial charge in [0.2, 0.25) is 0 Å². The average Bonchev–Trinajstić information content (AvgIpc) is 3.58. The van der Waals surface area contributed by atoms with Crippen molar-refractivity contribution in [3.63, 3.8) is 0 Å². The second-order valence-electron chi connectivity index (χ2n) is 8.92. The van der Waals surface area contributed by atoms with Crippen molar-refractivity contribution in [3.05, 3.63) is 48.4 Å². The normalized spacial score (nSPS) is 17.7. The summed E-state index contributed by atoms with van der Waals surface area (Å²) >= 11 is 0. The number of hydrogen-bond donors (Lipinski definition) is 4. The van der Waals surface area contributed by atoms with E-state index in [2.05, 4.69) is 20.6 Å². The van der Waals surface area contributed by atoms with E-state index in [4.69, 9.17) is 14.7 Å². The smallest absolute Gasteiger partial charge is 0.323 e. The SMILES string of the molecule is Cn1cc(NC(=O)Nc2ccc(-c3nc(N4CCOCC4)cc(C4(S(C)(O)O)CC4)n3)cc2)cn1. The second kappa shape index (κ2) is 9.11. The summed E-state index contributed by atoms with van der Waals surface area (Å²) in [5, 5.41) is 9.55. The zero-order valence-corrected chi connectivity index (χ0v) is 20.5. The van der Waals surface area contributed by atoms with Crippen LogP contribution in [-0.4, -0.2) is 67.4 Å². The molecule has 1 saturated heterocycles. The van der Waals surface area contributed by atoms with Crippen molar-refractivity contribution in [2.24, 2.45) is 7.05 Å². The third-order valence-electron chi connectivity index (χ3n) is 6.32. The summed E-state index contributed by atoms with van der Waals surface area (Å²) in [7, 11) is -1.05. The van der Waals surface area contributed by atoms with Crippen LogP contribution in [0, 0.1) is 0 Å². The van der Waals surface area contributed by atoms with Crippen molar-refractivity contribution < 1.29 is 18.6 Å². The minimum absolute atomic E-state index is 0.373. The molecule has 3 heterocycles. The summed E-state index contributed by atoms with van der Waals surface area (Å²) in [5.74, 6) is 1.26. The summed E-state index contributed by atoms with van der Waals surface area (Å²) in [5.41, 5.74) is 2.63. The van der Waals surface area contributed by atoms with E-state index in [9.17, 15) is 13.9 Å². The molecule has 2 fully saturated rings. The van der Waals surface area contributed by atoms with Crippen molar-refractivity contribution >= 4 is 33.8 Å². The van der Waals surface area contributed by atoms with E-state index in [0.717, 1.165) is 11.4 Å². The van der Waals surface area contributed by atoms with E-state index in [0.29, 0.717) is 62.0 Å². The molecule has 0 spiro atoms. The lowest BCUT2D eigenvalue weighted by Gasteiger charge is -2.37. The summed E-state index contributed by atoms with van der Waals surface area (Å²) in [6.45, 7) is 2.65. The van der Waals surface area contributed by atoms with Crippen molar-refractivity contribution in [2.75, 3.05) is 48.1 Å². The van der Waals surface area contributed by atoms with Crippen LogP contribution < -0.4 is 15.5 Å². The van der Waals surface area contributed by atoms with Gasteiger partial charge in [-0.1, -0.05) is 0 Å². The lowest BCUT2D eigenvalue weighted by Crippen LogP contribution is -2.37. The number of amides is 2. The molecule has 1 aliphatic heterocycles. The predicted octanol–water partition coefficient (Wildman–Crippen LogP) is 3.73. The molecule has 2 aromatic heterocycles. The Hall–Kier alpha value is -3.19. The molecule has 3 aromatic rings. The zero-order valence-electron chi connectivity index (χ0n) is 19.6. The Labute approximate surface area is 204 Å². The molecule has 5 rings (SSSR count). The lowest BCUT2D eigenvalue weighted by atomic mass is 10.1. The average molecular weight is 500 g/mol. The zero-order chi connectivity index (χ0) is 24.6. The molecule has 12 heteroatoms. The van der Waals surface area contributed by atoms with Gasteiger partial charge in [-0.25, -0.2) is 14.8 Å². The number of nitrogens with zero attached hydrogens (tertiary/aromatic N) is 5. The van der Waals surface area contributed by atoms with Crippen LogP contribution in [0.5, 0.6) is 0 Å². The lowest BCUT2D eigenvalue weighted by molar-refractivity contribution is 0.122. The molecule has 1 aromatic carbocycles. The molecular weight excluding hydrogens is 470 g/mol. The van der Waals surface area contributed by atoms with Gasteiger partial charge in [0, 0.05) is 49.9 Å². The van der Waals surface area contributed by atoms with Crippen molar-refractivity contribution in [1.29, 1.82) is 0 Å². The highest BCUT2D eigenvalue weighted by atomic mass is 32.3. The van der Waals surface area contributed by atoms with Crippen LogP contribution in [0.15, 0.2) is 42.7 Å². The Kier molecular flexibility index (Phi) is 6.13. The minimum atomic E-state index is -2.83. The van der Waals surface area contributed by atoms with Crippen LogP contribution in [0.4, 0.5) is 22.0 Å². The van der Waals surface area contributed by atoms with Gasteiger partial charge < -0.3 is 20.3 Å². The van der Waals surface area contributed by atoms with Gasteiger partial charge in [0.1, 0.15) is 10.6 Å². The monoisotopic (exact) mass is 499 g/mol. The van der Waals surface area contributed by atoms with Gasteiger partial charge in [-0.3, -0.25) is 13.8 Å². The Morgan fingerprint density at radius 3 is 2.37 bits per heavy atom. The standard InChI is InChI=1S/C23H29N7O4S/c1-29-15-18(14-24-29)26-22(31)25-17-5-3-16(4-6-17)21-27-19(23(7-8-23)35(2,32)33)13-20(28-21)30-9-11-34-12-10-30/h3-6,13-15,32-33H,7-12H2,1-2H3,(H2,25,26,31). The molecule has 0 unspecified atom stereocenters. The Bertz CT molecular complexity index is 1220. The molecule has 1 aliphatic carbocycles. The van der Waals surface area contributed by atoms with Gasteiger partial charge >= 0.3 is 6.03 Å². The van der Waals surface area contributed by atoms with E-state index in [-0.39, 0.29) is 6.03 Å². The number of morpholine rings is 1. The topological polar surface area (TPSA) is 138 Å². The van der Waals surface area contributed by atoms with E-state index in [1.807, 2.05) is 18.2 Å². The van der Waals surface area contributed by atoms with Crippen LogP contribution in [0.1, 0.15) is 18.5 Å². The first-order valence-electron chi connectivity index (χ1n) is 11.4. The molecule has 2 aliphatic rings. The number of rotatable bonds is 6. The summed E-state index contributed by atoms with van der Waals surface area (Å²) in [4.78, 5) is 24.0. The maximum atomic E-state index is 12.3. The number of carbonyl (C=O) groups is 1. The minimum Gasteiger partial charge on any atom is -0.378 e. The van der Waals surface area contributed by atoms with Crippen LogP contribution in [0.3, 0.4) is 0 Å². The number of aryl methyl sites for hydroxylation is 1. The number of benzene rings is 1. The van der Waals surface area contributed by atoms with Gasteiger partial charge in [0.15, 0.2) is 5.82 Å². The predicted molar refractivity (Wildman–Crippen MR) is 136 cm³/mol. The molecular formula is C23H29N7O4S. The summed E-state index contributed by atoms with van der Waals surface area (Å²) in [6.07, 6.45) is 6.13. The second-order valence-corrected chi connectivity index (χ2v) is 11.4. The fraction of sp³-hybridized carbons (Fsp3) is 0.391. The van der Waals surface area contributed by atoms with E-state index in [1.54, 1.807) is 36.3 Å². The van der Waals surface area contributed by atoms with Gasteiger partial charge in [-0.2, -0.15) is 15.7 Å². The van der Waals surface area contributed by atoms with E-state index >= 15 is 0 Å². The highest BCUT2D eigenvalue weighted by Gasteiger charge is 2.55. The van der Waals surface area contributed by atoms with Crippen LogP contribution in [0.2, 0.25) is 0 Å². The Morgan fingerprint density at radius 2 is 1.77 bits per heavy atom. The molecule has 4 N–H and O–H groups in total. The molecule has 2 amide bonds. The molecule has 0 bridgehead atoms. The van der Waals surface area contributed by atoms with Crippen LogP contribution in [-0.2, 0) is 16.5 Å². The molecule has 11 nitrogen and oxygen atoms in total. The number of carbonyl (C=O) groups excluding carboxylic acids is 1. The first-order valence-corrected chi connectivity index (χ1v) is 13.3. The highest BCUT2D eigenvalue weighted by Crippen LogP contribution is 2.69. The van der Waals surface area contributed by atoms with Gasteiger partial charge in [-0.15, -0.1) is 0 Å². The third-order valence-corrected chi connectivity index (χ3v) is 8.42. The van der Waals surface area contributed by atoms with E-state index < -0.39 is 15.3 Å². The van der Waals surface area contributed by atoms with Gasteiger partial charge in [0.05, 0.1) is 30.8 Å². The number of ether oxygens (including phenoxy) is 1. The molecule has 186 valence electrons. The number of aromatic nitrogens is 4. The molecule has 0 atom stereocenters. The summed E-state index contributed by atoms with van der Waals surface area (Å²) in [6, 6.07) is 8.75. The maximum Gasteiger partial charge on any atom is 0.323 e. The fourth-order valence-corrected chi connectivity index (χ4v) is 5.56. The quantitative estimate of drug-likeness (QED) is 0.403. The van der Waals surface area contributed by atoms with Crippen LogP contribution >= 0.6 is 10.6 Å². The number of urea groups is 1. The first-order chi connectivity index (χ1) is 16.7. The number of hydrogen-bond acceptors (Lipinski definition) is 8. The number of anilines is 3. The highest BCUT2D eigenvalue weighted by molar-refractivity contribution is 8.24. The van der Waals surface area contributed by atoms with E-state index in [1.165, 1.54) is 6.26 Å². The molecule has 0 radical (unpaired) electrons. The Morgan fingerprint density at radius 1 is 1.09 bits per heavy atom. The first kappa shape index (κ1) is 23.5. The summed E-state index contributed by atoms with van der Waals surface area (Å²) < 4.78 is 27.4. The fourth-order valence-electron chi connectivity index (χ4n) is 4.19.